The first-order valence-corrected chi connectivity index (χ1v) is 5.65. The van der Waals surface area contributed by atoms with Gasteiger partial charge in [0, 0.05) is 0 Å². The van der Waals surface area contributed by atoms with Gasteiger partial charge in [0.1, 0.15) is 0 Å². The van der Waals surface area contributed by atoms with Gasteiger partial charge < -0.3 is 0 Å². The first kappa shape index (κ1) is 10.8. The van der Waals surface area contributed by atoms with E-state index in [-0.39, 0.29) is 4.32 Å². The fraction of sp³-hybridized carbons (Fsp3) is 0.500. The molecule has 13 heavy (non-hydrogen) atoms. The van der Waals surface area contributed by atoms with Gasteiger partial charge in [0.15, 0.2) is 0 Å². The lowest BCUT2D eigenvalue weighted by Gasteiger charge is -2.31. The van der Waals surface area contributed by atoms with E-state index >= 15 is 0 Å². The third kappa shape index (κ3) is 2.14. The Morgan fingerprint density at radius 1 is 1.23 bits per heavy atom. The third-order valence-corrected chi connectivity index (χ3v) is 4.62. The van der Waals surface area contributed by atoms with Crippen molar-refractivity contribution >= 4 is 15.9 Å². The highest BCUT2D eigenvalue weighted by molar-refractivity contribution is 9.09. The van der Waals surface area contributed by atoms with Crippen LogP contribution in [-0.2, 0) is 4.32 Å². The minimum atomic E-state index is 0.147. The van der Waals surface area contributed by atoms with Gasteiger partial charge in [-0.05, 0) is 17.9 Å². The van der Waals surface area contributed by atoms with Crippen LogP contribution in [0.5, 0.6) is 0 Å². The second-order valence-corrected chi connectivity index (χ2v) is 5.15. The molecule has 0 fully saturated rings. The molecule has 0 aliphatic carbocycles. The van der Waals surface area contributed by atoms with Gasteiger partial charge in [-0.1, -0.05) is 67.0 Å². The summed E-state index contributed by atoms with van der Waals surface area (Å²) in [7, 11) is 0. The minimum Gasteiger partial charge on any atom is -0.0799 e. The molecule has 0 amide bonds. The second kappa shape index (κ2) is 4.28. The number of rotatable bonds is 3. The lowest BCUT2D eigenvalue weighted by Crippen LogP contribution is -2.23. The van der Waals surface area contributed by atoms with Crippen LogP contribution in [-0.4, -0.2) is 0 Å². The highest BCUT2D eigenvalue weighted by Gasteiger charge is 2.30. The molecular formula is C12H17Br. The minimum absolute atomic E-state index is 0.147. The standard InChI is InChI=1S/C12H17Br/c1-4-12(13,10(2)3)11-8-6-5-7-9-11/h5-10H,4H2,1-3H3. The van der Waals surface area contributed by atoms with Gasteiger partial charge in [-0.25, -0.2) is 0 Å². The molecule has 1 atom stereocenters. The molecule has 0 saturated carbocycles. The van der Waals surface area contributed by atoms with Crippen LogP contribution in [0.1, 0.15) is 32.8 Å². The molecule has 0 aliphatic rings. The lowest BCUT2D eigenvalue weighted by molar-refractivity contribution is 0.447. The van der Waals surface area contributed by atoms with Crippen molar-refractivity contribution < 1.29 is 0 Å². The van der Waals surface area contributed by atoms with Crippen molar-refractivity contribution in [2.24, 2.45) is 5.92 Å². The Labute approximate surface area is 89.5 Å². The third-order valence-electron chi connectivity index (χ3n) is 2.68. The molecule has 1 heteroatoms. The summed E-state index contributed by atoms with van der Waals surface area (Å²) < 4.78 is 0.147. The van der Waals surface area contributed by atoms with Gasteiger partial charge in [0.05, 0.1) is 4.32 Å². The van der Waals surface area contributed by atoms with E-state index in [0.717, 1.165) is 6.42 Å². The maximum absolute atomic E-state index is 3.86. The monoisotopic (exact) mass is 240 g/mol. The molecule has 0 nitrogen and oxygen atoms in total. The molecule has 0 aliphatic heterocycles. The fourth-order valence-electron chi connectivity index (χ4n) is 1.66. The number of hydrogen-bond donors (Lipinski definition) is 0. The quantitative estimate of drug-likeness (QED) is 0.690. The summed E-state index contributed by atoms with van der Waals surface area (Å²) in [6, 6.07) is 10.6. The second-order valence-electron chi connectivity index (χ2n) is 3.74. The van der Waals surface area contributed by atoms with E-state index in [1.165, 1.54) is 5.56 Å². The van der Waals surface area contributed by atoms with Gasteiger partial charge in [0.25, 0.3) is 0 Å². The zero-order valence-corrected chi connectivity index (χ0v) is 10.1. The normalized spacial score (nSPS) is 15.8. The Morgan fingerprint density at radius 2 is 1.77 bits per heavy atom. The maximum Gasteiger partial charge on any atom is 0.0526 e. The number of hydrogen-bond acceptors (Lipinski definition) is 0. The summed E-state index contributed by atoms with van der Waals surface area (Å²) in [4.78, 5) is 0. The molecule has 0 aromatic heterocycles. The molecule has 1 aromatic rings. The molecular weight excluding hydrogens is 224 g/mol. The van der Waals surface area contributed by atoms with Crippen LogP contribution in [0.25, 0.3) is 0 Å². The van der Waals surface area contributed by atoms with E-state index in [9.17, 15) is 0 Å². The highest BCUT2D eigenvalue weighted by Crippen LogP contribution is 2.41. The van der Waals surface area contributed by atoms with Crippen molar-refractivity contribution in [1.29, 1.82) is 0 Å². The van der Waals surface area contributed by atoms with Crippen molar-refractivity contribution in [3.8, 4) is 0 Å². The maximum atomic E-state index is 3.86. The summed E-state index contributed by atoms with van der Waals surface area (Å²) in [5.41, 5.74) is 1.38. The summed E-state index contributed by atoms with van der Waals surface area (Å²) >= 11 is 3.86. The summed E-state index contributed by atoms with van der Waals surface area (Å²) in [6.45, 7) is 6.73. The smallest absolute Gasteiger partial charge is 0.0526 e. The van der Waals surface area contributed by atoms with Crippen molar-refractivity contribution in [1.82, 2.24) is 0 Å². The van der Waals surface area contributed by atoms with Crippen LogP contribution in [0, 0.1) is 5.92 Å². The Bertz CT molecular complexity index is 253. The van der Waals surface area contributed by atoms with Crippen molar-refractivity contribution in [3.63, 3.8) is 0 Å². The van der Waals surface area contributed by atoms with Crippen LogP contribution in [0.4, 0.5) is 0 Å². The van der Waals surface area contributed by atoms with Gasteiger partial charge >= 0.3 is 0 Å². The SMILES string of the molecule is CCC(Br)(c1ccccc1)C(C)C. The van der Waals surface area contributed by atoms with E-state index in [0.29, 0.717) is 5.92 Å². The largest absolute Gasteiger partial charge is 0.0799 e. The van der Waals surface area contributed by atoms with E-state index in [2.05, 4.69) is 67.0 Å². The Balaban J connectivity index is 3.03. The van der Waals surface area contributed by atoms with Gasteiger partial charge in [-0.3, -0.25) is 0 Å². The van der Waals surface area contributed by atoms with Crippen LogP contribution >= 0.6 is 15.9 Å². The number of benzene rings is 1. The summed E-state index contributed by atoms with van der Waals surface area (Å²) in [5.74, 6) is 0.611. The average molecular weight is 241 g/mol. The highest BCUT2D eigenvalue weighted by atomic mass is 79.9. The van der Waals surface area contributed by atoms with Gasteiger partial charge in [0.2, 0.25) is 0 Å². The molecule has 1 aromatic carbocycles. The molecule has 72 valence electrons. The van der Waals surface area contributed by atoms with E-state index < -0.39 is 0 Å². The molecule has 1 unspecified atom stereocenters. The first-order valence-electron chi connectivity index (χ1n) is 4.85. The van der Waals surface area contributed by atoms with Crippen LogP contribution in [0.15, 0.2) is 30.3 Å². The average Bonchev–Trinajstić information content (AvgIpc) is 2.17. The Morgan fingerprint density at radius 3 is 2.15 bits per heavy atom. The van der Waals surface area contributed by atoms with Crippen molar-refractivity contribution in [2.75, 3.05) is 0 Å². The van der Waals surface area contributed by atoms with Crippen molar-refractivity contribution in [2.45, 2.75) is 31.5 Å². The van der Waals surface area contributed by atoms with E-state index in [1.807, 2.05) is 0 Å². The lowest BCUT2D eigenvalue weighted by atomic mass is 9.86. The molecule has 0 heterocycles. The van der Waals surface area contributed by atoms with Crippen LogP contribution < -0.4 is 0 Å². The summed E-state index contributed by atoms with van der Waals surface area (Å²) in [6.07, 6.45) is 1.12. The van der Waals surface area contributed by atoms with Crippen LogP contribution in [0.3, 0.4) is 0 Å². The first-order chi connectivity index (χ1) is 6.11. The predicted molar refractivity (Wildman–Crippen MR) is 62.2 cm³/mol. The van der Waals surface area contributed by atoms with Gasteiger partial charge in [-0.2, -0.15) is 0 Å². The molecule has 1 rings (SSSR count). The van der Waals surface area contributed by atoms with E-state index in [1.54, 1.807) is 0 Å². The molecule has 0 saturated heterocycles. The van der Waals surface area contributed by atoms with Crippen LogP contribution in [0.2, 0.25) is 0 Å². The zero-order valence-electron chi connectivity index (χ0n) is 8.55. The zero-order chi connectivity index (χ0) is 9.90. The number of alkyl halides is 1. The van der Waals surface area contributed by atoms with Crippen molar-refractivity contribution in [3.05, 3.63) is 35.9 Å². The Kier molecular flexibility index (Phi) is 3.55. The molecule has 0 radical (unpaired) electrons. The predicted octanol–water partition coefficient (Wildman–Crippen LogP) is 4.34. The van der Waals surface area contributed by atoms with E-state index in [4.69, 9.17) is 0 Å². The summed E-state index contributed by atoms with van der Waals surface area (Å²) in [5, 5.41) is 0. The molecule has 0 bridgehead atoms. The fourth-order valence-corrected chi connectivity index (χ4v) is 1.93. The Hall–Kier alpha value is -0.300. The molecule has 0 spiro atoms. The molecule has 0 N–H and O–H groups in total. The number of halogens is 1. The topological polar surface area (TPSA) is 0 Å². The van der Waals surface area contributed by atoms with Gasteiger partial charge in [-0.15, -0.1) is 0 Å².